The molecule has 0 aromatic heterocycles. The third-order valence-corrected chi connectivity index (χ3v) is 5.49. The second-order valence-corrected chi connectivity index (χ2v) is 9.69. The number of rotatable bonds is 8. The standard InChI is InChI=1S/C28H31ClN2O2/c1-28(2,3)30-27(33)25(18-21-10-6-4-7-11-21)31(20-23-12-8-5-9-13-23)26(32)19-22-14-16-24(29)17-15-22/h4-17,25H,18-20H2,1-3H3,(H,30,33)/t25-/m1/s1. The quantitative estimate of drug-likeness (QED) is 0.484. The Morgan fingerprint density at radius 1 is 0.818 bits per heavy atom. The van der Waals surface area contributed by atoms with E-state index in [1.165, 1.54) is 0 Å². The Morgan fingerprint density at radius 3 is 1.91 bits per heavy atom. The molecule has 0 spiro atoms. The van der Waals surface area contributed by atoms with Crippen LogP contribution in [0, 0.1) is 0 Å². The third kappa shape index (κ3) is 7.76. The average Bonchev–Trinajstić information content (AvgIpc) is 2.78. The van der Waals surface area contributed by atoms with Gasteiger partial charge in [-0.25, -0.2) is 0 Å². The zero-order chi connectivity index (χ0) is 23.8. The molecule has 1 atom stereocenters. The summed E-state index contributed by atoms with van der Waals surface area (Å²) in [5.74, 6) is -0.266. The van der Waals surface area contributed by atoms with E-state index in [1.54, 1.807) is 17.0 Å². The van der Waals surface area contributed by atoms with E-state index in [1.807, 2.05) is 93.6 Å². The van der Waals surface area contributed by atoms with Gasteiger partial charge in [0.1, 0.15) is 6.04 Å². The van der Waals surface area contributed by atoms with Gasteiger partial charge >= 0.3 is 0 Å². The summed E-state index contributed by atoms with van der Waals surface area (Å²) in [6.45, 7) is 6.19. The Bertz CT molecular complexity index is 1040. The van der Waals surface area contributed by atoms with Crippen LogP contribution in [0.2, 0.25) is 5.02 Å². The molecule has 3 aromatic rings. The van der Waals surface area contributed by atoms with Crippen LogP contribution >= 0.6 is 11.6 Å². The number of carbonyl (C=O) groups is 2. The maximum Gasteiger partial charge on any atom is 0.243 e. The molecule has 0 unspecified atom stereocenters. The zero-order valence-corrected chi connectivity index (χ0v) is 20.2. The molecule has 0 radical (unpaired) electrons. The molecular weight excluding hydrogens is 432 g/mol. The highest BCUT2D eigenvalue weighted by Gasteiger charge is 2.32. The van der Waals surface area contributed by atoms with Crippen LogP contribution in [0.15, 0.2) is 84.9 Å². The smallest absolute Gasteiger partial charge is 0.243 e. The van der Waals surface area contributed by atoms with E-state index in [4.69, 9.17) is 11.6 Å². The lowest BCUT2D eigenvalue weighted by atomic mass is 10.00. The molecule has 33 heavy (non-hydrogen) atoms. The molecule has 5 heteroatoms. The number of halogens is 1. The molecule has 1 N–H and O–H groups in total. The first-order valence-electron chi connectivity index (χ1n) is 11.1. The van der Waals surface area contributed by atoms with Crippen LogP contribution in [0.25, 0.3) is 0 Å². The van der Waals surface area contributed by atoms with Crippen LogP contribution in [-0.2, 0) is 29.0 Å². The van der Waals surface area contributed by atoms with Crippen LogP contribution in [-0.4, -0.2) is 28.3 Å². The summed E-state index contributed by atoms with van der Waals surface area (Å²) in [5, 5.41) is 3.71. The van der Waals surface area contributed by atoms with Gasteiger partial charge in [-0.3, -0.25) is 9.59 Å². The Labute approximate surface area is 201 Å². The Hall–Kier alpha value is -3.11. The minimum atomic E-state index is -0.647. The molecule has 2 amide bonds. The molecule has 0 aliphatic rings. The maximum absolute atomic E-state index is 13.6. The van der Waals surface area contributed by atoms with Crippen molar-refractivity contribution in [1.29, 1.82) is 0 Å². The van der Waals surface area contributed by atoms with E-state index >= 15 is 0 Å². The third-order valence-electron chi connectivity index (χ3n) is 5.23. The molecule has 0 fully saturated rings. The fourth-order valence-corrected chi connectivity index (χ4v) is 3.79. The van der Waals surface area contributed by atoms with Crippen molar-refractivity contribution >= 4 is 23.4 Å². The number of amides is 2. The Balaban J connectivity index is 1.96. The lowest BCUT2D eigenvalue weighted by Gasteiger charge is -2.34. The molecule has 172 valence electrons. The monoisotopic (exact) mass is 462 g/mol. The van der Waals surface area contributed by atoms with Crippen LogP contribution in [0.4, 0.5) is 0 Å². The average molecular weight is 463 g/mol. The van der Waals surface area contributed by atoms with Gasteiger partial charge in [-0.15, -0.1) is 0 Å². The number of nitrogens with one attached hydrogen (secondary N) is 1. The highest BCUT2D eigenvalue weighted by molar-refractivity contribution is 6.30. The second kappa shape index (κ2) is 11.2. The second-order valence-electron chi connectivity index (χ2n) is 9.26. The van der Waals surface area contributed by atoms with Crippen molar-refractivity contribution in [2.75, 3.05) is 0 Å². The molecule has 3 aromatic carbocycles. The predicted octanol–water partition coefficient (Wildman–Crippen LogP) is 5.44. The van der Waals surface area contributed by atoms with Crippen molar-refractivity contribution in [3.05, 3.63) is 107 Å². The van der Waals surface area contributed by atoms with Crippen molar-refractivity contribution in [1.82, 2.24) is 10.2 Å². The van der Waals surface area contributed by atoms with Gasteiger partial charge in [0.05, 0.1) is 6.42 Å². The molecule has 3 rings (SSSR count). The first-order chi connectivity index (χ1) is 15.7. The number of benzene rings is 3. The normalized spacial score (nSPS) is 12.1. The van der Waals surface area contributed by atoms with Gasteiger partial charge in [0.15, 0.2) is 0 Å². The van der Waals surface area contributed by atoms with Crippen molar-refractivity contribution in [3.63, 3.8) is 0 Å². The molecular formula is C28H31ClN2O2. The summed E-state index contributed by atoms with van der Waals surface area (Å²) >= 11 is 6.01. The van der Waals surface area contributed by atoms with Crippen LogP contribution < -0.4 is 5.32 Å². The largest absolute Gasteiger partial charge is 0.350 e. The highest BCUT2D eigenvalue weighted by Crippen LogP contribution is 2.18. The summed E-state index contributed by atoms with van der Waals surface area (Å²) in [6.07, 6.45) is 0.625. The number of nitrogens with zero attached hydrogens (tertiary/aromatic N) is 1. The van der Waals surface area contributed by atoms with E-state index in [9.17, 15) is 9.59 Å². The molecule has 0 heterocycles. The van der Waals surface area contributed by atoms with Gasteiger partial charge in [0, 0.05) is 23.5 Å². The Kier molecular flexibility index (Phi) is 8.29. The molecule has 0 bridgehead atoms. The van der Waals surface area contributed by atoms with E-state index in [-0.39, 0.29) is 18.2 Å². The summed E-state index contributed by atoms with van der Waals surface area (Å²) < 4.78 is 0. The summed E-state index contributed by atoms with van der Waals surface area (Å²) in [6, 6.07) is 26.2. The van der Waals surface area contributed by atoms with Gasteiger partial charge in [-0.1, -0.05) is 84.4 Å². The van der Waals surface area contributed by atoms with Crippen LogP contribution in [0.5, 0.6) is 0 Å². The van der Waals surface area contributed by atoms with Gasteiger partial charge in [-0.2, -0.15) is 0 Å². The predicted molar refractivity (Wildman–Crippen MR) is 134 cm³/mol. The fraction of sp³-hybridized carbons (Fsp3) is 0.286. The minimum Gasteiger partial charge on any atom is -0.350 e. The van der Waals surface area contributed by atoms with Gasteiger partial charge in [0.25, 0.3) is 0 Å². The maximum atomic E-state index is 13.6. The van der Waals surface area contributed by atoms with E-state index in [0.29, 0.717) is 18.0 Å². The van der Waals surface area contributed by atoms with Gasteiger partial charge in [-0.05, 0) is 49.6 Å². The first-order valence-corrected chi connectivity index (χ1v) is 11.5. The summed E-state index contributed by atoms with van der Waals surface area (Å²) in [5.41, 5.74) is 2.42. The highest BCUT2D eigenvalue weighted by atomic mass is 35.5. The molecule has 0 aliphatic heterocycles. The zero-order valence-electron chi connectivity index (χ0n) is 19.4. The van der Waals surface area contributed by atoms with E-state index < -0.39 is 11.6 Å². The minimum absolute atomic E-state index is 0.105. The van der Waals surface area contributed by atoms with E-state index in [2.05, 4.69) is 5.32 Å². The molecule has 4 nitrogen and oxygen atoms in total. The van der Waals surface area contributed by atoms with Crippen LogP contribution in [0.3, 0.4) is 0 Å². The number of hydrogen-bond acceptors (Lipinski definition) is 2. The first kappa shape index (κ1) is 24.5. The number of carbonyl (C=O) groups excluding carboxylic acids is 2. The van der Waals surface area contributed by atoms with E-state index in [0.717, 1.165) is 16.7 Å². The molecule has 0 saturated carbocycles. The lowest BCUT2D eigenvalue weighted by Crippen LogP contribution is -2.54. The SMILES string of the molecule is CC(C)(C)NC(=O)[C@@H](Cc1ccccc1)N(Cc1ccccc1)C(=O)Cc1ccc(Cl)cc1. The van der Waals surface area contributed by atoms with Crippen LogP contribution in [0.1, 0.15) is 37.5 Å². The summed E-state index contributed by atoms with van der Waals surface area (Å²) in [4.78, 5) is 28.8. The number of hydrogen-bond donors (Lipinski definition) is 1. The lowest BCUT2D eigenvalue weighted by molar-refractivity contribution is -0.141. The van der Waals surface area contributed by atoms with Gasteiger partial charge < -0.3 is 10.2 Å². The van der Waals surface area contributed by atoms with Crippen molar-refractivity contribution < 1.29 is 9.59 Å². The molecule has 0 saturated heterocycles. The topological polar surface area (TPSA) is 49.4 Å². The molecule has 0 aliphatic carbocycles. The van der Waals surface area contributed by atoms with Crippen molar-refractivity contribution in [3.8, 4) is 0 Å². The summed E-state index contributed by atoms with van der Waals surface area (Å²) in [7, 11) is 0. The van der Waals surface area contributed by atoms with Gasteiger partial charge in [0.2, 0.25) is 11.8 Å². The Morgan fingerprint density at radius 2 is 1.36 bits per heavy atom. The fourth-order valence-electron chi connectivity index (χ4n) is 3.67. The van der Waals surface area contributed by atoms with Crippen molar-refractivity contribution in [2.45, 2.75) is 51.7 Å². The van der Waals surface area contributed by atoms with Crippen molar-refractivity contribution in [2.24, 2.45) is 0 Å².